The largest absolute Gasteiger partial charge is 0.352 e. The minimum absolute atomic E-state index is 0.0272. The molecule has 0 saturated heterocycles. The van der Waals surface area contributed by atoms with Crippen LogP contribution in [0.2, 0.25) is 0 Å². The molecule has 3 heteroatoms. The lowest BCUT2D eigenvalue weighted by atomic mass is 9.86. The first kappa shape index (κ1) is 11.4. The van der Waals surface area contributed by atoms with E-state index >= 15 is 0 Å². The summed E-state index contributed by atoms with van der Waals surface area (Å²) in [7, 11) is 0. The molecule has 2 saturated carbocycles. The molecule has 0 aromatic rings. The molecule has 1 amide bonds. The van der Waals surface area contributed by atoms with Gasteiger partial charge in [0.15, 0.2) is 0 Å². The molecular weight excluding hydrogens is 200 g/mol. The van der Waals surface area contributed by atoms with Crippen LogP contribution in [-0.4, -0.2) is 11.9 Å². The van der Waals surface area contributed by atoms with Crippen molar-refractivity contribution in [3.8, 4) is 6.07 Å². The predicted molar refractivity (Wildman–Crippen MR) is 61.5 cm³/mol. The summed E-state index contributed by atoms with van der Waals surface area (Å²) in [6.45, 7) is 2.05. The minimum atomic E-state index is -0.711. The highest BCUT2D eigenvalue weighted by Gasteiger charge is 2.42. The van der Waals surface area contributed by atoms with Crippen molar-refractivity contribution in [2.75, 3.05) is 0 Å². The van der Waals surface area contributed by atoms with Crippen molar-refractivity contribution in [2.24, 2.45) is 11.3 Å². The van der Waals surface area contributed by atoms with Crippen LogP contribution in [0.1, 0.15) is 51.9 Å². The van der Waals surface area contributed by atoms with Crippen LogP contribution in [0.3, 0.4) is 0 Å². The number of hydrogen-bond acceptors (Lipinski definition) is 2. The Hall–Kier alpha value is -1.04. The van der Waals surface area contributed by atoms with E-state index < -0.39 is 5.41 Å². The van der Waals surface area contributed by atoms with Gasteiger partial charge in [-0.3, -0.25) is 4.79 Å². The van der Waals surface area contributed by atoms with Crippen LogP contribution in [-0.2, 0) is 4.79 Å². The molecule has 0 spiro atoms. The maximum Gasteiger partial charge on any atom is 0.240 e. The molecule has 2 aliphatic rings. The van der Waals surface area contributed by atoms with E-state index in [1.807, 2.05) is 0 Å². The molecule has 88 valence electrons. The molecule has 0 aliphatic heterocycles. The number of rotatable bonds is 4. The van der Waals surface area contributed by atoms with E-state index in [-0.39, 0.29) is 11.9 Å². The van der Waals surface area contributed by atoms with Gasteiger partial charge in [0.1, 0.15) is 5.41 Å². The van der Waals surface area contributed by atoms with Crippen LogP contribution >= 0.6 is 0 Å². The third kappa shape index (κ3) is 2.37. The summed E-state index contributed by atoms with van der Waals surface area (Å²) >= 11 is 0. The van der Waals surface area contributed by atoms with Gasteiger partial charge >= 0.3 is 0 Å². The fraction of sp³-hybridized carbons (Fsp3) is 0.846. The van der Waals surface area contributed by atoms with Crippen molar-refractivity contribution < 1.29 is 4.79 Å². The summed E-state index contributed by atoms with van der Waals surface area (Å²) in [4.78, 5) is 12.1. The molecule has 0 aromatic heterocycles. The average Bonchev–Trinajstić information content (AvgIpc) is 2.93. The molecule has 3 nitrogen and oxygen atoms in total. The van der Waals surface area contributed by atoms with Gasteiger partial charge in [0.25, 0.3) is 0 Å². The molecule has 0 heterocycles. The van der Waals surface area contributed by atoms with Crippen LogP contribution in [0.15, 0.2) is 0 Å². The van der Waals surface area contributed by atoms with Crippen molar-refractivity contribution in [1.29, 1.82) is 5.26 Å². The minimum Gasteiger partial charge on any atom is -0.352 e. The first-order valence-corrected chi connectivity index (χ1v) is 6.38. The molecule has 1 N–H and O–H groups in total. The van der Waals surface area contributed by atoms with Crippen LogP contribution in [0, 0.1) is 22.7 Å². The monoisotopic (exact) mass is 220 g/mol. The molecule has 0 aromatic carbocycles. The zero-order chi connectivity index (χ0) is 11.6. The third-order valence-corrected chi connectivity index (χ3v) is 3.87. The van der Waals surface area contributed by atoms with Crippen LogP contribution in [0.5, 0.6) is 0 Å². The van der Waals surface area contributed by atoms with Gasteiger partial charge in [0.2, 0.25) is 5.91 Å². The van der Waals surface area contributed by atoms with Gasteiger partial charge in [-0.15, -0.1) is 0 Å². The molecule has 0 bridgehead atoms. The molecule has 16 heavy (non-hydrogen) atoms. The van der Waals surface area contributed by atoms with Gasteiger partial charge in [-0.2, -0.15) is 5.26 Å². The zero-order valence-corrected chi connectivity index (χ0v) is 9.96. The lowest BCUT2D eigenvalue weighted by molar-refractivity contribution is -0.128. The van der Waals surface area contributed by atoms with Gasteiger partial charge < -0.3 is 5.32 Å². The molecule has 2 fully saturated rings. The maximum absolute atomic E-state index is 12.1. The Morgan fingerprint density at radius 2 is 2.12 bits per heavy atom. The number of carbonyl (C=O) groups is 1. The Morgan fingerprint density at radius 1 is 1.50 bits per heavy atom. The standard InChI is InChI=1S/C13H20N2O/c1-10(8-11-4-5-11)15-12(16)13(9-14)6-2-3-7-13/h10-11H,2-8H2,1H3,(H,15,16). The second-order valence-electron chi connectivity index (χ2n) is 5.45. The highest BCUT2D eigenvalue weighted by atomic mass is 16.2. The van der Waals surface area contributed by atoms with Crippen LogP contribution in [0.25, 0.3) is 0 Å². The van der Waals surface area contributed by atoms with E-state index in [4.69, 9.17) is 0 Å². The quantitative estimate of drug-likeness (QED) is 0.790. The normalized spacial score (nSPS) is 24.8. The van der Waals surface area contributed by atoms with Gasteiger partial charge in [-0.25, -0.2) is 0 Å². The van der Waals surface area contributed by atoms with Crippen molar-refractivity contribution in [1.82, 2.24) is 5.32 Å². The fourth-order valence-electron chi connectivity index (χ4n) is 2.64. The number of hydrogen-bond donors (Lipinski definition) is 1. The first-order chi connectivity index (χ1) is 7.66. The van der Waals surface area contributed by atoms with Crippen LogP contribution < -0.4 is 5.32 Å². The summed E-state index contributed by atoms with van der Waals surface area (Å²) in [5.74, 6) is 0.789. The summed E-state index contributed by atoms with van der Waals surface area (Å²) in [6.07, 6.45) is 7.20. The van der Waals surface area contributed by atoms with E-state index in [9.17, 15) is 10.1 Å². The van der Waals surface area contributed by atoms with Gasteiger partial charge in [-0.1, -0.05) is 25.7 Å². The molecule has 2 rings (SSSR count). The van der Waals surface area contributed by atoms with E-state index in [2.05, 4.69) is 18.3 Å². The molecular formula is C13H20N2O. The van der Waals surface area contributed by atoms with E-state index in [0.29, 0.717) is 0 Å². The summed E-state index contributed by atoms with van der Waals surface area (Å²) in [5, 5.41) is 12.2. The molecule has 0 radical (unpaired) electrons. The average molecular weight is 220 g/mol. The van der Waals surface area contributed by atoms with E-state index in [1.165, 1.54) is 12.8 Å². The number of nitrogens with one attached hydrogen (secondary N) is 1. The zero-order valence-electron chi connectivity index (χ0n) is 9.96. The second-order valence-corrected chi connectivity index (χ2v) is 5.45. The van der Waals surface area contributed by atoms with Crippen molar-refractivity contribution in [3.63, 3.8) is 0 Å². The van der Waals surface area contributed by atoms with E-state index in [0.717, 1.165) is 38.0 Å². The molecule has 1 atom stereocenters. The summed E-state index contributed by atoms with van der Waals surface area (Å²) in [6, 6.07) is 2.47. The lowest BCUT2D eigenvalue weighted by Gasteiger charge is -2.22. The number of nitrogens with zero attached hydrogens (tertiary/aromatic N) is 1. The number of carbonyl (C=O) groups excluding carboxylic acids is 1. The lowest BCUT2D eigenvalue weighted by Crippen LogP contribution is -2.42. The summed E-state index contributed by atoms with van der Waals surface area (Å²) < 4.78 is 0. The Morgan fingerprint density at radius 3 is 2.62 bits per heavy atom. The first-order valence-electron chi connectivity index (χ1n) is 6.38. The Kier molecular flexibility index (Phi) is 3.18. The highest BCUT2D eigenvalue weighted by Crippen LogP contribution is 2.38. The number of amides is 1. The maximum atomic E-state index is 12.1. The molecule has 2 aliphatic carbocycles. The van der Waals surface area contributed by atoms with Crippen molar-refractivity contribution in [3.05, 3.63) is 0 Å². The highest BCUT2D eigenvalue weighted by molar-refractivity contribution is 5.85. The SMILES string of the molecule is CC(CC1CC1)NC(=O)C1(C#N)CCCC1. The Bertz CT molecular complexity index is 308. The van der Waals surface area contributed by atoms with Gasteiger partial charge in [0, 0.05) is 6.04 Å². The van der Waals surface area contributed by atoms with Gasteiger partial charge in [0.05, 0.1) is 6.07 Å². The predicted octanol–water partition coefficient (Wildman–Crippen LogP) is 2.38. The molecule has 1 unspecified atom stereocenters. The Balaban J connectivity index is 1.88. The second kappa shape index (κ2) is 4.45. The topological polar surface area (TPSA) is 52.9 Å². The van der Waals surface area contributed by atoms with Crippen molar-refractivity contribution in [2.45, 2.75) is 57.9 Å². The van der Waals surface area contributed by atoms with Gasteiger partial charge in [-0.05, 0) is 32.1 Å². The third-order valence-electron chi connectivity index (χ3n) is 3.87. The number of nitriles is 1. The smallest absolute Gasteiger partial charge is 0.240 e. The summed E-state index contributed by atoms with van der Waals surface area (Å²) in [5.41, 5.74) is -0.711. The Labute approximate surface area is 97.2 Å². The van der Waals surface area contributed by atoms with E-state index in [1.54, 1.807) is 0 Å². The van der Waals surface area contributed by atoms with Crippen LogP contribution in [0.4, 0.5) is 0 Å². The fourth-order valence-corrected chi connectivity index (χ4v) is 2.64. The van der Waals surface area contributed by atoms with Crippen molar-refractivity contribution >= 4 is 5.91 Å².